The second-order valence-electron chi connectivity index (χ2n) is 12.9. The summed E-state index contributed by atoms with van der Waals surface area (Å²) in [7, 11) is 0. The van der Waals surface area contributed by atoms with Crippen LogP contribution in [0.3, 0.4) is 0 Å². The van der Waals surface area contributed by atoms with Crippen molar-refractivity contribution in [3.8, 4) is 0 Å². The minimum atomic E-state index is -0.0528. The molecule has 3 saturated carbocycles. The van der Waals surface area contributed by atoms with Crippen molar-refractivity contribution >= 4 is 5.91 Å². The Morgan fingerprint density at radius 3 is 2.05 bits per heavy atom. The third-order valence-electron chi connectivity index (χ3n) is 10.3. The van der Waals surface area contributed by atoms with Crippen molar-refractivity contribution in [2.24, 2.45) is 23.7 Å². The van der Waals surface area contributed by atoms with Gasteiger partial charge in [0.15, 0.2) is 0 Å². The number of unbranched alkanes of at least 4 members (excludes halogenated alkanes) is 2. The fourth-order valence-electron chi connectivity index (χ4n) is 7.75. The maximum Gasteiger partial charge on any atom is 0.246 e. The van der Waals surface area contributed by atoms with Crippen LogP contribution in [0.15, 0.2) is 30.4 Å². The lowest BCUT2D eigenvalue weighted by Gasteiger charge is -2.38. The Labute approximate surface area is 226 Å². The van der Waals surface area contributed by atoms with Gasteiger partial charge in [0.05, 0.1) is 0 Å². The Morgan fingerprint density at radius 2 is 1.46 bits per heavy atom. The van der Waals surface area contributed by atoms with Crippen molar-refractivity contribution in [1.29, 1.82) is 0 Å². The number of amides is 1. The molecule has 0 heterocycles. The number of halogens is 1. The molecule has 0 atom stereocenters. The van der Waals surface area contributed by atoms with Crippen LogP contribution >= 0.6 is 0 Å². The van der Waals surface area contributed by atoms with Crippen LogP contribution in [0.25, 0.3) is 0 Å². The average Bonchev–Trinajstić information content (AvgIpc) is 2.92. The molecule has 0 radical (unpaired) electrons. The lowest BCUT2D eigenvalue weighted by Crippen LogP contribution is -2.31. The van der Waals surface area contributed by atoms with Crippen molar-refractivity contribution < 1.29 is 9.18 Å². The Bertz CT molecular complexity index is 870. The second-order valence-corrected chi connectivity index (χ2v) is 12.9. The van der Waals surface area contributed by atoms with Gasteiger partial charge in [0.1, 0.15) is 5.82 Å². The van der Waals surface area contributed by atoms with E-state index in [0.29, 0.717) is 29.9 Å². The van der Waals surface area contributed by atoms with E-state index < -0.39 is 0 Å². The van der Waals surface area contributed by atoms with Gasteiger partial charge in [-0.15, -0.1) is 0 Å². The summed E-state index contributed by atoms with van der Waals surface area (Å²) in [6, 6.07) is 6.22. The molecule has 0 unspecified atom stereocenters. The summed E-state index contributed by atoms with van der Waals surface area (Å²) < 4.78 is 15.3. The maximum absolute atomic E-state index is 15.3. The van der Waals surface area contributed by atoms with Gasteiger partial charge in [-0.1, -0.05) is 64.2 Å². The molecule has 1 aromatic rings. The third-order valence-corrected chi connectivity index (χ3v) is 10.3. The summed E-state index contributed by atoms with van der Waals surface area (Å²) in [6.07, 6.45) is 20.7. The monoisotopic (exact) mass is 509 g/mol. The van der Waals surface area contributed by atoms with E-state index in [1.54, 1.807) is 6.92 Å². The Kier molecular flexibility index (Phi) is 10.7. The van der Waals surface area contributed by atoms with E-state index in [2.05, 4.69) is 31.0 Å². The minimum Gasteiger partial charge on any atom is -0.352 e. The zero-order valence-electron chi connectivity index (χ0n) is 23.7. The molecule has 2 nitrogen and oxygen atoms in total. The van der Waals surface area contributed by atoms with Crippen molar-refractivity contribution in [2.45, 2.75) is 128 Å². The highest BCUT2D eigenvalue weighted by molar-refractivity contribution is 5.92. The molecule has 4 rings (SSSR count). The van der Waals surface area contributed by atoms with E-state index in [1.165, 1.54) is 82.6 Å². The molecule has 3 heteroatoms. The zero-order chi connectivity index (χ0) is 26.2. The van der Waals surface area contributed by atoms with Crippen molar-refractivity contribution in [3.63, 3.8) is 0 Å². The molecule has 0 saturated heterocycles. The van der Waals surface area contributed by atoms with Gasteiger partial charge in [-0.3, -0.25) is 4.79 Å². The number of hydrogen-bond donors (Lipinski definition) is 1. The fourth-order valence-corrected chi connectivity index (χ4v) is 7.75. The van der Waals surface area contributed by atoms with Crippen LogP contribution in [0.2, 0.25) is 0 Å². The van der Waals surface area contributed by atoms with Crippen LogP contribution in [0.4, 0.5) is 4.39 Å². The standard InChI is InChI=1S/C34H52FNO/c1-4-5-6-7-25-8-12-27(13-9-25)28-16-18-29(19-17-28)31-20-21-32(33(35)22-31)30-14-10-26(11-15-30)23-36-34(37)24(2)3/h20-22,25-30H,2,4-19,23H2,1,3H3,(H,36,37). The summed E-state index contributed by atoms with van der Waals surface area (Å²) in [6.45, 7) is 8.46. The topological polar surface area (TPSA) is 29.1 Å². The van der Waals surface area contributed by atoms with Crippen LogP contribution < -0.4 is 5.32 Å². The quantitative estimate of drug-likeness (QED) is 0.247. The highest BCUT2D eigenvalue weighted by atomic mass is 19.1. The molecule has 3 aliphatic carbocycles. The molecule has 1 amide bonds. The van der Waals surface area contributed by atoms with Crippen molar-refractivity contribution in [1.82, 2.24) is 5.32 Å². The van der Waals surface area contributed by atoms with Crippen molar-refractivity contribution in [3.05, 3.63) is 47.3 Å². The number of hydrogen-bond acceptors (Lipinski definition) is 1. The summed E-state index contributed by atoms with van der Waals surface area (Å²) >= 11 is 0. The molecule has 1 aromatic carbocycles. The largest absolute Gasteiger partial charge is 0.352 e. The van der Waals surface area contributed by atoms with E-state index in [1.807, 2.05) is 6.07 Å². The van der Waals surface area contributed by atoms with E-state index in [4.69, 9.17) is 0 Å². The van der Waals surface area contributed by atoms with Gasteiger partial charge in [-0.25, -0.2) is 4.39 Å². The molecule has 1 N–H and O–H groups in total. The van der Waals surface area contributed by atoms with Gasteiger partial charge in [0.2, 0.25) is 5.91 Å². The van der Waals surface area contributed by atoms with Crippen LogP contribution in [0, 0.1) is 29.5 Å². The van der Waals surface area contributed by atoms with Crippen molar-refractivity contribution in [2.75, 3.05) is 6.54 Å². The predicted octanol–water partition coefficient (Wildman–Crippen LogP) is 9.45. The molecule has 3 fully saturated rings. The molecule has 0 bridgehead atoms. The molecule has 0 aromatic heterocycles. The number of carbonyl (C=O) groups is 1. The highest BCUT2D eigenvalue weighted by Crippen LogP contribution is 2.45. The molecule has 0 aliphatic heterocycles. The van der Waals surface area contributed by atoms with Gasteiger partial charge in [-0.2, -0.15) is 0 Å². The first-order chi connectivity index (χ1) is 17.9. The van der Waals surface area contributed by atoms with Crippen LogP contribution in [-0.4, -0.2) is 12.5 Å². The highest BCUT2D eigenvalue weighted by Gasteiger charge is 2.32. The second kappa shape index (κ2) is 13.9. The number of carbonyl (C=O) groups excluding carboxylic acids is 1. The minimum absolute atomic E-state index is 0.0139. The lowest BCUT2D eigenvalue weighted by atomic mass is 9.68. The van der Waals surface area contributed by atoms with Gasteiger partial charge in [-0.05, 0) is 124 Å². The lowest BCUT2D eigenvalue weighted by molar-refractivity contribution is -0.117. The Morgan fingerprint density at radius 1 is 0.865 bits per heavy atom. The fraction of sp³-hybridized carbons (Fsp3) is 0.735. The maximum atomic E-state index is 15.3. The predicted molar refractivity (Wildman–Crippen MR) is 153 cm³/mol. The van der Waals surface area contributed by atoms with Crippen LogP contribution in [0.1, 0.15) is 140 Å². The number of benzene rings is 1. The first-order valence-corrected chi connectivity index (χ1v) is 15.7. The van der Waals surface area contributed by atoms with E-state index >= 15 is 4.39 Å². The molecular formula is C34H52FNO. The molecule has 3 aliphatic rings. The summed E-state index contributed by atoms with van der Waals surface area (Å²) in [5.41, 5.74) is 2.71. The van der Waals surface area contributed by atoms with Gasteiger partial charge in [0.25, 0.3) is 0 Å². The first kappa shape index (κ1) is 28.4. The summed E-state index contributed by atoms with van der Waals surface area (Å²) in [5.74, 6) is 4.17. The van der Waals surface area contributed by atoms with Gasteiger partial charge >= 0.3 is 0 Å². The first-order valence-electron chi connectivity index (χ1n) is 15.7. The molecular weight excluding hydrogens is 457 g/mol. The third kappa shape index (κ3) is 7.93. The van der Waals surface area contributed by atoms with E-state index in [-0.39, 0.29) is 11.7 Å². The Balaban J connectivity index is 1.20. The van der Waals surface area contributed by atoms with Crippen LogP contribution in [0.5, 0.6) is 0 Å². The summed E-state index contributed by atoms with van der Waals surface area (Å²) in [5, 5.41) is 2.98. The SMILES string of the molecule is C=C(C)C(=O)NCC1CCC(c2ccc(C3CCC(C4CCC(CCCCC)CC4)CC3)cc2F)CC1. The smallest absolute Gasteiger partial charge is 0.246 e. The average molecular weight is 510 g/mol. The zero-order valence-corrected chi connectivity index (χ0v) is 23.7. The van der Waals surface area contributed by atoms with Crippen LogP contribution in [-0.2, 0) is 4.79 Å². The summed E-state index contributed by atoms with van der Waals surface area (Å²) in [4.78, 5) is 11.8. The van der Waals surface area contributed by atoms with E-state index in [0.717, 1.165) is 49.0 Å². The normalized spacial score (nSPS) is 30.6. The van der Waals surface area contributed by atoms with Gasteiger partial charge < -0.3 is 5.32 Å². The number of rotatable bonds is 10. The van der Waals surface area contributed by atoms with Gasteiger partial charge in [0, 0.05) is 12.1 Å². The molecule has 0 spiro atoms. The number of nitrogens with one attached hydrogen (secondary N) is 1. The Hall–Kier alpha value is -1.64. The van der Waals surface area contributed by atoms with E-state index in [9.17, 15) is 4.79 Å². The molecule has 206 valence electrons. The molecule has 37 heavy (non-hydrogen) atoms.